The quantitative estimate of drug-likeness (QED) is 0.603. The smallest absolute Gasteiger partial charge is 0.358 e. The highest BCUT2D eigenvalue weighted by atomic mass is 35.5. The van der Waals surface area contributed by atoms with Crippen molar-refractivity contribution < 1.29 is 14.3 Å². The average Bonchev–Trinajstić information content (AvgIpc) is 3.14. The predicted octanol–water partition coefficient (Wildman–Crippen LogP) is 5.14. The summed E-state index contributed by atoms with van der Waals surface area (Å²) in [6.07, 6.45) is 1.48. The Morgan fingerprint density at radius 2 is 1.83 bits per heavy atom. The highest BCUT2D eigenvalue weighted by molar-refractivity contribution is 6.36. The molecular weight excluding hydrogens is 425 g/mol. The second kappa shape index (κ2) is 8.98. The second-order valence-corrected chi connectivity index (χ2v) is 9.32. The summed E-state index contributed by atoms with van der Waals surface area (Å²) in [6, 6.07) is 6.84. The first-order valence-corrected chi connectivity index (χ1v) is 10.9. The van der Waals surface area contributed by atoms with Crippen LogP contribution < -0.4 is 0 Å². The van der Waals surface area contributed by atoms with E-state index < -0.39 is 5.97 Å². The molecule has 1 aliphatic heterocycles. The van der Waals surface area contributed by atoms with Gasteiger partial charge in [0, 0.05) is 29.2 Å². The third-order valence-electron chi connectivity index (χ3n) is 5.25. The normalized spacial score (nSPS) is 15.3. The third-order valence-corrected chi connectivity index (χ3v) is 5.80. The molecule has 1 aromatic heterocycles. The molecule has 0 N–H and O–H groups in total. The molecule has 2 heterocycles. The zero-order valence-electron chi connectivity index (χ0n) is 17.7. The highest BCUT2D eigenvalue weighted by Crippen LogP contribution is 2.31. The molecule has 1 saturated heterocycles. The topological polar surface area (TPSA) is 64.4 Å². The first kappa shape index (κ1) is 22.6. The minimum absolute atomic E-state index is 0.0983. The minimum Gasteiger partial charge on any atom is -0.461 e. The Labute approximate surface area is 187 Å². The maximum Gasteiger partial charge on any atom is 0.358 e. The number of rotatable bonds is 4. The van der Waals surface area contributed by atoms with Crippen LogP contribution in [0.5, 0.6) is 0 Å². The van der Waals surface area contributed by atoms with Crippen LogP contribution in [-0.4, -0.2) is 46.3 Å². The lowest BCUT2D eigenvalue weighted by Gasteiger charge is -2.34. The fourth-order valence-corrected chi connectivity index (χ4v) is 4.17. The van der Waals surface area contributed by atoms with E-state index in [-0.39, 0.29) is 17.4 Å². The molecule has 0 bridgehead atoms. The molecule has 1 amide bonds. The van der Waals surface area contributed by atoms with Crippen LogP contribution in [0.25, 0.3) is 0 Å². The van der Waals surface area contributed by atoms with E-state index in [0.717, 1.165) is 18.5 Å². The van der Waals surface area contributed by atoms with Crippen LogP contribution in [0.15, 0.2) is 24.3 Å². The standard InChI is InChI=1S/C22H27Cl2N3O3/c1-5-30-21(29)18-13-19(22(2,3)4)27(25-18)15-8-10-26(11-9-15)20(28)16-7-6-14(23)12-17(16)24/h6-7,12-13,15H,5,8-11H2,1-4H3. The van der Waals surface area contributed by atoms with E-state index in [1.54, 1.807) is 30.0 Å². The van der Waals surface area contributed by atoms with E-state index in [1.165, 1.54) is 0 Å². The molecule has 0 saturated carbocycles. The van der Waals surface area contributed by atoms with E-state index in [0.29, 0.717) is 41.0 Å². The molecule has 1 aliphatic rings. The summed E-state index contributed by atoms with van der Waals surface area (Å²) >= 11 is 12.1. The first-order chi connectivity index (χ1) is 14.1. The summed E-state index contributed by atoms with van der Waals surface area (Å²) in [5.41, 5.74) is 1.59. The molecule has 3 rings (SSSR count). The number of aromatic nitrogens is 2. The van der Waals surface area contributed by atoms with Gasteiger partial charge in [-0.25, -0.2) is 4.79 Å². The maximum atomic E-state index is 12.9. The molecule has 1 fully saturated rings. The molecular formula is C22H27Cl2N3O3. The lowest BCUT2D eigenvalue weighted by molar-refractivity contribution is 0.0517. The number of benzene rings is 1. The summed E-state index contributed by atoms with van der Waals surface area (Å²) in [4.78, 5) is 26.9. The molecule has 0 spiro atoms. The number of carbonyl (C=O) groups is 2. The predicted molar refractivity (Wildman–Crippen MR) is 118 cm³/mol. The number of esters is 1. The van der Waals surface area contributed by atoms with E-state index in [4.69, 9.17) is 27.9 Å². The number of nitrogens with zero attached hydrogens (tertiary/aromatic N) is 3. The zero-order chi connectivity index (χ0) is 22.1. The van der Waals surface area contributed by atoms with Crippen LogP contribution in [0.2, 0.25) is 10.0 Å². The number of carbonyl (C=O) groups excluding carboxylic acids is 2. The number of hydrogen-bond acceptors (Lipinski definition) is 4. The third kappa shape index (κ3) is 4.81. The number of ether oxygens (including phenoxy) is 1. The largest absolute Gasteiger partial charge is 0.461 e. The van der Waals surface area contributed by atoms with E-state index in [1.807, 2.05) is 10.7 Å². The Kier molecular flexibility index (Phi) is 6.78. The van der Waals surface area contributed by atoms with Crippen molar-refractivity contribution in [3.05, 3.63) is 51.3 Å². The van der Waals surface area contributed by atoms with Crippen molar-refractivity contribution in [3.63, 3.8) is 0 Å². The average molecular weight is 452 g/mol. The van der Waals surface area contributed by atoms with Crippen LogP contribution in [0, 0.1) is 0 Å². The number of amides is 1. The molecule has 162 valence electrons. The second-order valence-electron chi connectivity index (χ2n) is 8.48. The van der Waals surface area contributed by atoms with Crippen LogP contribution in [0.1, 0.15) is 73.1 Å². The van der Waals surface area contributed by atoms with Gasteiger partial charge in [0.05, 0.1) is 23.2 Å². The van der Waals surface area contributed by atoms with Gasteiger partial charge in [0.2, 0.25) is 0 Å². The van der Waals surface area contributed by atoms with Gasteiger partial charge in [-0.3, -0.25) is 9.48 Å². The molecule has 2 aromatic rings. The Morgan fingerprint density at radius 3 is 2.40 bits per heavy atom. The van der Waals surface area contributed by atoms with Gasteiger partial charge >= 0.3 is 5.97 Å². The van der Waals surface area contributed by atoms with Crippen molar-refractivity contribution in [1.82, 2.24) is 14.7 Å². The van der Waals surface area contributed by atoms with Crippen LogP contribution in [-0.2, 0) is 10.2 Å². The lowest BCUT2D eigenvalue weighted by atomic mass is 9.91. The molecule has 30 heavy (non-hydrogen) atoms. The van der Waals surface area contributed by atoms with Crippen molar-refractivity contribution >= 4 is 35.1 Å². The summed E-state index contributed by atoms with van der Waals surface area (Å²) in [5.74, 6) is -0.509. The number of likely N-dealkylation sites (tertiary alicyclic amines) is 1. The number of piperidine rings is 1. The maximum absolute atomic E-state index is 12.9. The van der Waals surface area contributed by atoms with Crippen LogP contribution >= 0.6 is 23.2 Å². The molecule has 6 nitrogen and oxygen atoms in total. The van der Waals surface area contributed by atoms with Gasteiger partial charge < -0.3 is 9.64 Å². The van der Waals surface area contributed by atoms with Crippen LogP contribution in [0.4, 0.5) is 0 Å². The number of halogens is 2. The van der Waals surface area contributed by atoms with Crippen LogP contribution in [0.3, 0.4) is 0 Å². The first-order valence-electron chi connectivity index (χ1n) is 10.1. The molecule has 0 radical (unpaired) electrons. The lowest BCUT2D eigenvalue weighted by Crippen LogP contribution is -2.40. The summed E-state index contributed by atoms with van der Waals surface area (Å²) in [5, 5.41) is 5.43. The minimum atomic E-state index is -0.410. The van der Waals surface area contributed by atoms with E-state index >= 15 is 0 Å². The molecule has 0 unspecified atom stereocenters. The fraction of sp³-hybridized carbons (Fsp3) is 0.500. The van der Waals surface area contributed by atoms with Crippen molar-refractivity contribution in [1.29, 1.82) is 0 Å². The van der Waals surface area contributed by atoms with Gasteiger partial charge in [-0.2, -0.15) is 5.10 Å². The van der Waals surface area contributed by atoms with Crippen molar-refractivity contribution in [3.8, 4) is 0 Å². The Hall–Kier alpha value is -2.05. The SMILES string of the molecule is CCOC(=O)c1cc(C(C)(C)C)n(C2CCN(C(=O)c3ccc(Cl)cc3Cl)CC2)n1. The van der Waals surface area contributed by atoms with Gasteiger partial charge in [-0.05, 0) is 44.0 Å². The molecule has 0 atom stereocenters. The van der Waals surface area contributed by atoms with Gasteiger partial charge in [0.1, 0.15) is 0 Å². The Bertz CT molecular complexity index is 942. The summed E-state index contributed by atoms with van der Waals surface area (Å²) in [7, 11) is 0. The van der Waals surface area contributed by atoms with Gasteiger partial charge in [0.15, 0.2) is 5.69 Å². The Morgan fingerprint density at radius 1 is 1.17 bits per heavy atom. The van der Waals surface area contributed by atoms with Crippen molar-refractivity contribution in [2.45, 2.75) is 52.0 Å². The molecule has 1 aromatic carbocycles. The van der Waals surface area contributed by atoms with Crippen molar-refractivity contribution in [2.24, 2.45) is 0 Å². The summed E-state index contributed by atoms with van der Waals surface area (Å²) in [6.45, 7) is 9.54. The summed E-state index contributed by atoms with van der Waals surface area (Å²) < 4.78 is 7.07. The highest BCUT2D eigenvalue weighted by Gasteiger charge is 2.31. The molecule has 0 aliphatic carbocycles. The monoisotopic (exact) mass is 451 g/mol. The van der Waals surface area contributed by atoms with Gasteiger partial charge in [-0.1, -0.05) is 44.0 Å². The van der Waals surface area contributed by atoms with Gasteiger partial charge in [-0.15, -0.1) is 0 Å². The zero-order valence-corrected chi connectivity index (χ0v) is 19.3. The van der Waals surface area contributed by atoms with E-state index in [2.05, 4.69) is 25.9 Å². The van der Waals surface area contributed by atoms with E-state index in [9.17, 15) is 9.59 Å². The number of hydrogen-bond donors (Lipinski definition) is 0. The fourth-order valence-electron chi connectivity index (χ4n) is 3.68. The molecule has 8 heteroatoms. The Balaban J connectivity index is 1.77. The van der Waals surface area contributed by atoms with Gasteiger partial charge in [0.25, 0.3) is 5.91 Å². The van der Waals surface area contributed by atoms with Crippen molar-refractivity contribution in [2.75, 3.05) is 19.7 Å².